The second kappa shape index (κ2) is 20.9. The summed E-state index contributed by atoms with van der Waals surface area (Å²) in [5.41, 5.74) is 5.21. The lowest BCUT2D eigenvalue weighted by Crippen LogP contribution is -2.52. The average Bonchev–Trinajstić information content (AvgIpc) is 3.57. The minimum absolute atomic E-state index is 0.0485. The topological polar surface area (TPSA) is 194 Å². The SMILES string of the molecule is CCN(CC)CC.CCO[C@H]1[C@H](n2ccc(N)nc2=O)O[C@H](COC(c2ccccc2)(c2ccc(OC)cc2)c2ccc(OC)cc2)[C@]1(O)P(=O)(O)OC(=O)c1ccccc1. The summed E-state index contributed by atoms with van der Waals surface area (Å²) in [6.07, 6.45) is -3.85. The van der Waals surface area contributed by atoms with Crippen molar-refractivity contribution in [1.29, 1.82) is 0 Å². The van der Waals surface area contributed by atoms with Crippen LogP contribution in [0.25, 0.3) is 0 Å². The monoisotopic (exact) mass is 858 g/mol. The largest absolute Gasteiger partial charge is 0.497 e. The van der Waals surface area contributed by atoms with Crippen molar-refractivity contribution in [3.63, 3.8) is 0 Å². The minimum atomic E-state index is -5.53. The zero-order chi connectivity index (χ0) is 44.2. The maximum absolute atomic E-state index is 14.5. The number of ether oxygens (including phenoxy) is 5. The van der Waals surface area contributed by atoms with E-state index < -0.39 is 55.2 Å². The molecule has 1 aliphatic rings. The Morgan fingerprint density at radius 1 is 0.836 bits per heavy atom. The molecule has 0 saturated carbocycles. The highest BCUT2D eigenvalue weighted by Gasteiger charge is 2.69. The van der Waals surface area contributed by atoms with E-state index in [1.165, 1.54) is 44.0 Å². The van der Waals surface area contributed by atoms with Crippen LogP contribution in [0.5, 0.6) is 11.5 Å². The summed E-state index contributed by atoms with van der Waals surface area (Å²) in [6.45, 7) is 11.0. The number of carbonyl (C=O) groups excluding carboxylic acids is 1. The van der Waals surface area contributed by atoms with E-state index in [1.54, 1.807) is 63.6 Å². The summed E-state index contributed by atoms with van der Waals surface area (Å²) in [6, 6.07) is 32.3. The Hall–Kier alpha value is -5.38. The first-order valence-electron chi connectivity index (χ1n) is 20.0. The van der Waals surface area contributed by atoms with E-state index >= 15 is 0 Å². The Labute approximate surface area is 356 Å². The van der Waals surface area contributed by atoms with Crippen LogP contribution in [0.15, 0.2) is 126 Å². The predicted molar refractivity (Wildman–Crippen MR) is 231 cm³/mol. The summed E-state index contributed by atoms with van der Waals surface area (Å²) in [5.74, 6) is -0.117. The molecular formula is C45H55N4O11P. The van der Waals surface area contributed by atoms with Crippen molar-refractivity contribution in [3.05, 3.63) is 154 Å². The maximum Gasteiger partial charge on any atom is 0.416 e. The van der Waals surface area contributed by atoms with Gasteiger partial charge in [-0.05, 0) is 85.7 Å². The molecule has 1 aromatic heterocycles. The highest BCUT2D eigenvalue weighted by molar-refractivity contribution is 7.55. The number of hydrogen-bond acceptors (Lipinski definition) is 13. The molecule has 0 aliphatic carbocycles. The van der Waals surface area contributed by atoms with Gasteiger partial charge in [-0.2, -0.15) is 4.98 Å². The molecule has 1 fully saturated rings. The van der Waals surface area contributed by atoms with Crippen LogP contribution in [0.4, 0.5) is 5.82 Å². The smallest absolute Gasteiger partial charge is 0.416 e. The van der Waals surface area contributed by atoms with Crippen molar-refractivity contribution in [2.75, 3.05) is 52.8 Å². The van der Waals surface area contributed by atoms with Gasteiger partial charge in [-0.25, -0.2) is 14.2 Å². The van der Waals surface area contributed by atoms with E-state index in [0.717, 1.165) is 4.57 Å². The van der Waals surface area contributed by atoms with Crippen LogP contribution in [0.1, 0.15) is 61.0 Å². The number of carbonyl (C=O) groups is 1. The number of aromatic nitrogens is 2. The quantitative estimate of drug-likeness (QED) is 0.0703. The van der Waals surface area contributed by atoms with Gasteiger partial charge in [-0.15, -0.1) is 0 Å². The fraction of sp³-hybridized carbons (Fsp3) is 0.356. The Morgan fingerprint density at radius 3 is 1.80 bits per heavy atom. The predicted octanol–water partition coefficient (Wildman–Crippen LogP) is 6.23. The Morgan fingerprint density at radius 2 is 1.34 bits per heavy atom. The van der Waals surface area contributed by atoms with Crippen molar-refractivity contribution >= 4 is 19.4 Å². The van der Waals surface area contributed by atoms with Crippen LogP contribution in [0, 0.1) is 0 Å². The lowest BCUT2D eigenvalue weighted by Gasteiger charge is -2.39. The van der Waals surface area contributed by atoms with Gasteiger partial charge in [0, 0.05) is 12.8 Å². The molecule has 2 heterocycles. The highest BCUT2D eigenvalue weighted by atomic mass is 31.2. The van der Waals surface area contributed by atoms with Gasteiger partial charge >= 0.3 is 19.3 Å². The van der Waals surface area contributed by atoms with Gasteiger partial charge in [0.1, 0.15) is 35.1 Å². The van der Waals surface area contributed by atoms with Gasteiger partial charge in [-0.3, -0.25) is 4.57 Å². The van der Waals surface area contributed by atoms with Crippen molar-refractivity contribution in [1.82, 2.24) is 14.5 Å². The summed E-state index contributed by atoms with van der Waals surface area (Å²) in [5, 5.41) is 9.66. The van der Waals surface area contributed by atoms with Gasteiger partial charge in [-0.1, -0.05) is 93.6 Å². The van der Waals surface area contributed by atoms with Crippen LogP contribution >= 0.6 is 7.60 Å². The number of nitrogens with zero attached hydrogens (tertiary/aromatic N) is 3. The van der Waals surface area contributed by atoms with Crippen molar-refractivity contribution < 1.29 is 47.6 Å². The molecule has 1 aliphatic heterocycles. The second-order valence-electron chi connectivity index (χ2n) is 13.9. The summed E-state index contributed by atoms with van der Waals surface area (Å²) in [4.78, 5) is 44.3. The summed E-state index contributed by atoms with van der Waals surface area (Å²) >= 11 is 0. The number of hydrogen-bond donors (Lipinski definition) is 3. The third kappa shape index (κ3) is 10.1. The summed E-state index contributed by atoms with van der Waals surface area (Å²) in [7, 11) is -2.45. The number of aliphatic hydroxyl groups is 1. The maximum atomic E-state index is 14.5. The average molecular weight is 859 g/mol. The highest BCUT2D eigenvalue weighted by Crippen LogP contribution is 2.64. The zero-order valence-electron chi connectivity index (χ0n) is 35.2. The first-order valence-corrected chi connectivity index (χ1v) is 21.6. The molecule has 4 N–H and O–H groups in total. The fourth-order valence-electron chi connectivity index (χ4n) is 7.21. The van der Waals surface area contributed by atoms with E-state index in [-0.39, 0.29) is 18.0 Å². The van der Waals surface area contributed by atoms with E-state index in [9.17, 15) is 24.2 Å². The molecule has 61 heavy (non-hydrogen) atoms. The Kier molecular flexibility index (Phi) is 16.0. The number of nitrogen functional groups attached to an aromatic ring is 1. The Balaban J connectivity index is 0.000000925. The van der Waals surface area contributed by atoms with E-state index in [1.807, 2.05) is 54.6 Å². The van der Waals surface area contributed by atoms with Gasteiger partial charge in [0.15, 0.2) is 6.23 Å². The molecule has 1 unspecified atom stereocenters. The molecule has 1 saturated heterocycles. The van der Waals surface area contributed by atoms with Gasteiger partial charge in [0.2, 0.25) is 5.34 Å². The molecule has 6 rings (SSSR count). The number of rotatable bonds is 17. The minimum Gasteiger partial charge on any atom is -0.497 e. The van der Waals surface area contributed by atoms with Crippen molar-refractivity contribution in [2.45, 2.75) is 57.1 Å². The first-order chi connectivity index (χ1) is 29.3. The van der Waals surface area contributed by atoms with Crippen molar-refractivity contribution in [3.8, 4) is 11.5 Å². The van der Waals surface area contributed by atoms with Crippen molar-refractivity contribution in [2.24, 2.45) is 0 Å². The normalized spacial score (nSPS) is 19.7. The zero-order valence-corrected chi connectivity index (χ0v) is 36.1. The third-order valence-electron chi connectivity index (χ3n) is 10.6. The molecule has 0 spiro atoms. The van der Waals surface area contributed by atoms with E-state index in [2.05, 4.69) is 30.7 Å². The standard InChI is InChI=1S/C39H40N3O11P.C6H15N/c1-4-50-34-35(42-24-23-33(40)41-37(42)44)52-32(39(34,45)54(46,47)53-36(43)26-11-7-5-8-12-26)25-51-38(27-13-9-6-10-14-27,28-15-19-30(48-2)20-16-28)29-17-21-31(49-3)22-18-29;1-4-7(5-2)6-3/h5-24,32,34-35,45H,4,25H2,1-3H3,(H,46,47)(H2,40,41,44);4-6H2,1-3H3/t32-,34+,35-,39+;/m1./s1. The molecule has 5 atom stereocenters. The van der Waals surface area contributed by atoms with E-state index in [0.29, 0.717) is 28.2 Å². The molecule has 16 heteroatoms. The number of nitrogens with two attached hydrogens (primary N) is 1. The number of anilines is 1. The van der Waals surface area contributed by atoms with Crippen LogP contribution in [-0.2, 0) is 28.9 Å². The van der Waals surface area contributed by atoms with Gasteiger partial charge in [0.05, 0.1) is 26.4 Å². The molecule has 326 valence electrons. The van der Waals surface area contributed by atoms with Gasteiger partial charge < -0.3 is 48.8 Å². The summed E-state index contributed by atoms with van der Waals surface area (Å²) < 4.78 is 50.8. The van der Waals surface area contributed by atoms with E-state index in [4.69, 9.17) is 33.9 Å². The molecule has 5 aromatic rings. The third-order valence-corrected chi connectivity index (χ3v) is 12.4. The number of methoxy groups -OCH3 is 2. The molecule has 4 aromatic carbocycles. The fourth-order valence-corrected chi connectivity index (χ4v) is 8.71. The molecule has 0 bridgehead atoms. The Bertz CT molecular complexity index is 2210. The lowest BCUT2D eigenvalue weighted by molar-refractivity contribution is -0.106. The van der Waals surface area contributed by atoms with Gasteiger partial charge in [0.25, 0.3) is 0 Å². The molecular weight excluding hydrogens is 803 g/mol. The first kappa shape index (κ1) is 46.7. The van der Waals surface area contributed by atoms with Crippen LogP contribution in [0.2, 0.25) is 0 Å². The number of benzene rings is 4. The van der Waals surface area contributed by atoms with Crippen LogP contribution in [0.3, 0.4) is 0 Å². The molecule has 0 amide bonds. The molecule has 0 radical (unpaired) electrons. The molecule has 15 nitrogen and oxygen atoms in total. The van der Waals surface area contributed by atoms with Crippen LogP contribution in [-0.4, -0.2) is 95.0 Å². The van der Waals surface area contributed by atoms with Crippen LogP contribution < -0.4 is 20.9 Å². The second-order valence-corrected chi connectivity index (χ2v) is 15.9. The lowest BCUT2D eigenvalue weighted by atomic mass is 9.80.